The van der Waals surface area contributed by atoms with Crippen LogP contribution in [-0.4, -0.2) is 11.4 Å². The lowest BCUT2D eigenvalue weighted by molar-refractivity contribution is 0.112. The van der Waals surface area contributed by atoms with Gasteiger partial charge in [0.05, 0.1) is 0 Å². The summed E-state index contributed by atoms with van der Waals surface area (Å²) in [5.74, 6) is 0.192. The molecule has 80 valence electrons. The molecule has 1 N–H and O–H groups in total. The SMILES string of the molecule is O=Cc1cccc(-c2ccc(Br)cc2O)c1. The van der Waals surface area contributed by atoms with E-state index in [-0.39, 0.29) is 5.75 Å². The first kappa shape index (κ1) is 10.9. The van der Waals surface area contributed by atoms with Gasteiger partial charge in [0.2, 0.25) is 0 Å². The third-order valence-corrected chi connectivity index (χ3v) is 2.79. The zero-order valence-corrected chi connectivity index (χ0v) is 9.94. The Hall–Kier alpha value is -1.61. The van der Waals surface area contributed by atoms with Crippen molar-refractivity contribution < 1.29 is 9.90 Å². The van der Waals surface area contributed by atoms with Crippen molar-refractivity contribution in [2.45, 2.75) is 0 Å². The summed E-state index contributed by atoms with van der Waals surface area (Å²) in [6.45, 7) is 0. The Morgan fingerprint density at radius 1 is 1.12 bits per heavy atom. The van der Waals surface area contributed by atoms with Gasteiger partial charge >= 0.3 is 0 Å². The van der Waals surface area contributed by atoms with E-state index in [2.05, 4.69) is 15.9 Å². The van der Waals surface area contributed by atoms with Gasteiger partial charge in [-0.3, -0.25) is 4.79 Å². The minimum absolute atomic E-state index is 0.192. The fourth-order valence-corrected chi connectivity index (χ4v) is 1.88. The molecule has 2 nitrogen and oxygen atoms in total. The average Bonchev–Trinajstić information content (AvgIpc) is 2.29. The van der Waals surface area contributed by atoms with Crippen LogP contribution in [0.3, 0.4) is 0 Å². The highest BCUT2D eigenvalue weighted by atomic mass is 79.9. The van der Waals surface area contributed by atoms with Crippen LogP contribution in [0.5, 0.6) is 5.75 Å². The number of aldehydes is 1. The molecule has 0 aliphatic rings. The number of carbonyl (C=O) groups excluding carboxylic acids is 1. The fourth-order valence-electron chi connectivity index (χ4n) is 1.53. The maximum Gasteiger partial charge on any atom is 0.150 e. The van der Waals surface area contributed by atoms with Crippen LogP contribution in [0.25, 0.3) is 11.1 Å². The van der Waals surface area contributed by atoms with E-state index in [9.17, 15) is 9.90 Å². The van der Waals surface area contributed by atoms with E-state index in [1.54, 1.807) is 24.3 Å². The average molecular weight is 277 g/mol. The molecule has 0 bridgehead atoms. The van der Waals surface area contributed by atoms with Crippen molar-refractivity contribution in [1.82, 2.24) is 0 Å². The molecule has 0 heterocycles. The number of halogens is 1. The van der Waals surface area contributed by atoms with Crippen molar-refractivity contribution in [3.8, 4) is 16.9 Å². The Bertz CT molecular complexity index is 535. The molecule has 3 heteroatoms. The number of hydrogen-bond donors (Lipinski definition) is 1. The van der Waals surface area contributed by atoms with Gasteiger partial charge in [-0.05, 0) is 29.8 Å². The second-order valence-corrected chi connectivity index (χ2v) is 4.32. The van der Waals surface area contributed by atoms with E-state index in [1.807, 2.05) is 18.2 Å². The molecule has 0 aromatic heterocycles. The Balaban J connectivity index is 2.53. The molecular weight excluding hydrogens is 268 g/mol. The third kappa shape index (κ3) is 2.14. The standard InChI is InChI=1S/C13H9BrO2/c14-11-4-5-12(13(16)7-11)10-3-1-2-9(6-10)8-15/h1-8,16H. The lowest BCUT2D eigenvalue weighted by Gasteiger charge is -2.05. The predicted molar refractivity (Wildman–Crippen MR) is 66.6 cm³/mol. The van der Waals surface area contributed by atoms with E-state index < -0.39 is 0 Å². The van der Waals surface area contributed by atoms with Crippen molar-refractivity contribution >= 4 is 22.2 Å². The van der Waals surface area contributed by atoms with Gasteiger partial charge in [-0.2, -0.15) is 0 Å². The quantitative estimate of drug-likeness (QED) is 0.851. The van der Waals surface area contributed by atoms with E-state index in [0.717, 1.165) is 16.3 Å². The number of rotatable bonds is 2. The summed E-state index contributed by atoms with van der Waals surface area (Å²) in [6, 6.07) is 12.4. The summed E-state index contributed by atoms with van der Waals surface area (Å²) < 4.78 is 0.820. The summed E-state index contributed by atoms with van der Waals surface area (Å²) in [7, 11) is 0. The first-order chi connectivity index (χ1) is 7.70. The first-order valence-corrected chi connectivity index (χ1v) is 5.54. The normalized spacial score (nSPS) is 10.1. The van der Waals surface area contributed by atoms with Gasteiger partial charge in [0, 0.05) is 15.6 Å². The molecule has 0 amide bonds. The predicted octanol–water partition coefficient (Wildman–Crippen LogP) is 3.63. The Labute approximate surface area is 102 Å². The summed E-state index contributed by atoms with van der Waals surface area (Å²) in [5.41, 5.74) is 2.14. The van der Waals surface area contributed by atoms with Crippen LogP contribution in [0.4, 0.5) is 0 Å². The van der Waals surface area contributed by atoms with Gasteiger partial charge in [-0.1, -0.05) is 34.1 Å². The smallest absolute Gasteiger partial charge is 0.150 e. The second-order valence-electron chi connectivity index (χ2n) is 3.40. The van der Waals surface area contributed by atoms with Crippen LogP contribution in [0.2, 0.25) is 0 Å². The van der Waals surface area contributed by atoms with Crippen molar-refractivity contribution in [3.63, 3.8) is 0 Å². The molecule has 0 unspecified atom stereocenters. The van der Waals surface area contributed by atoms with Gasteiger partial charge in [0.1, 0.15) is 12.0 Å². The zero-order valence-electron chi connectivity index (χ0n) is 8.35. The van der Waals surface area contributed by atoms with Gasteiger partial charge < -0.3 is 5.11 Å². The van der Waals surface area contributed by atoms with Crippen molar-refractivity contribution in [1.29, 1.82) is 0 Å². The highest BCUT2D eigenvalue weighted by molar-refractivity contribution is 9.10. The first-order valence-electron chi connectivity index (χ1n) is 4.75. The minimum atomic E-state index is 0.192. The maximum absolute atomic E-state index is 10.7. The maximum atomic E-state index is 10.7. The molecule has 0 fully saturated rings. The van der Waals surface area contributed by atoms with Gasteiger partial charge in [0.15, 0.2) is 0 Å². The minimum Gasteiger partial charge on any atom is -0.507 e. The summed E-state index contributed by atoms with van der Waals surface area (Å²) in [5, 5.41) is 9.79. The molecule has 0 atom stereocenters. The fraction of sp³-hybridized carbons (Fsp3) is 0. The number of phenols is 1. The molecule has 2 rings (SSSR count). The van der Waals surface area contributed by atoms with Crippen LogP contribution in [0, 0.1) is 0 Å². The van der Waals surface area contributed by atoms with Crippen LogP contribution < -0.4 is 0 Å². The molecule has 0 aliphatic heterocycles. The number of aromatic hydroxyl groups is 1. The topological polar surface area (TPSA) is 37.3 Å². The van der Waals surface area contributed by atoms with Crippen LogP contribution in [0.1, 0.15) is 10.4 Å². The van der Waals surface area contributed by atoms with Crippen molar-refractivity contribution in [2.24, 2.45) is 0 Å². The lowest BCUT2D eigenvalue weighted by atomic mass is 10.0. The van der Waals surface area contributed by atoms with E-state index >= 15 is 0 Å². The second kappa shape index (κ2) is 4.49. The molecule has 0 saturated carbocycles. The van der Waals surface area contributed by atoms with Gasteiger partial charge in [-0.25, -0.2) is 0 Å². The Kier molecular flexibility index (Phi) is 3.06. The van der Waals surface area contributed by atoms with E-state index in [1.165, 1.54) is 0 Å². The van der Waals surface area contributed by atoms with Crippen molar-refractivity contribution in [3.05, 3.63) is 52.5 Å². The number of benzene rings is 2. The molecule has 2 aromatic rings. The van der Waals surface area contributed by atoms with E-state index in [0.29, 0.717) is 11.1 Å². The summed E-state index contributed by atoms with van der Waals surface area (Å²) >= 11 is 3.28. The molecule has 0 saturated heterocycles. The van der Waals surface area contributed by atoms with Crippen LogP contribution in [0.15, 0.2) is 46.9 Å². The largest absolute Gasteiger partial charge is 0.507 e. The molecule has 0 spiro atoms. The van der Waals surface area contributed by atoms with Crippen LogP contribution >= 0.6 is 15.9 Å². The molecular formula is C13H9BrO2. The van der Waals surface area contributed by atoms with Crippen molar-refractivity contribution in [2.75, 3.05) is 0 Å². The molecule has 2 aromatic carbocycles. The number of hydrogen-bond acceptors (Lipinski definition) is 2. The van der Waals surface area contributed by atoms with Gasteiger partial charge in [-0.15, -0.1) is 0 Å². The Morgan fingerprint density at radius 3 is 2.62 bits per heavy atom. The number of carbonyl (C=O) groups is 1. The lowest BCUT2D eigenvalue weighted by Crippen LogP contribution is -1.83. The monoisotopic (exact) mass is 276 g/mol. The third-order valence-electron chi connectivity index (χ3n) is 2.29. The zero-order chi connectivity index (χ0) is 11.5. The molecule has 16 heavy (non-hydrogen) atoms. The summed E-state index contributed by atoms with van der Waals surface area (Å²) in [6.07, 6.45) is 0.791. The molecule has 0 aliphatic carbocycles. The van der Waals surface area contributed by atoms with Crippen LogP contribution in [-0.2, 0) is 0 Å². The number of phenolic OH excluding ortho intramolecular Hbond substituents is 1. The Morgan fingerprint density at radius 2 is 1.94 bits per heavy atom. The highest BCUT2D eigenvalue weighted by Gasteiger charge is 2.05. The van der Waals surface area contributed by atoms with Gasteiger partial charge in [0.25, 0.3) is 0 Å². The summed E-state index contributed by atoms with van der Waals surface area (Å²) in [4.78, 5) is 10.7. The van der Waals surface area contributed by atoms with E-state index in [4.69, 9.17) is 0 Å². The molecule has 0 radical (unpaired) electrons. The highest BCUT2D eigenvalue weighted by Crippen LogP contribution is 2.31.